The molecular weight excluding hydrogens is 473 g/mol. The maximum atomic E-state index is 15.0. The highest BCUT2D eigenvalue weighted by Crippen LogP contribution is 2.38. The van der Waals surface area contributed by atoms with Gasteiger partial charge in [-0.1, -0.05) is 62.6 Å². The van der Waals surface area contributed by atoms with Gasteiger partial charge in [0.05, 0.1) is 19.2 Å². The van der Waals surface area contributed by atoms with Crippen molar-refractivity contribution in [2.24, 2.45) is 4.99 Å². The van der Waals surface area contributed by atoms with Gasteiger partial charge in [0.1, 0.15) is 5.84 Å². The number of halogens is 1. The van der Waals surface area contributed by atoms with Crippen molar-refractivity contribution in [2.45, 2.75) is 91.3 Å². The molecule has 3 unspecified atom stereocenters. The molecule has 0 bridgehead atoms. The van der Waals surface area contributed by atoms with Crippen molar-refractivity contribution in [3.05, 3.63) is 76.1 Å². The molecule has 2 heterocycles. The van der Waals surface area contributed by atoms with E-state index in [2.05, 4.69) is 68.7 Å². The van der Waals surface area contributed by atoms with Gasteiger partial charge in [-0.3, -0.25) is 9.89 Å². The summed E-state index contributed by atoms with van der Waals surface area (Å²) in [4.78, 5) is 10.6. The molecule has 0 radical (unpaired) electrons. The molecule has 4 rings (SSSR count). The molecule has 0 aromatic heterocycles. The molecular formula is C33H46FN3O. The van der Waals surface area contributed by atoms with Gasteiger partial charge in [0.15, 0.2) is 11.6 Å². The van der Waals surface area contributed by atoms with Gasteiger partial charge in [0.2, 0.25) is 0 Å². The summed E-state index contributed by atoms with van der Waals surface area (Å²) in [6.45, 7) is 13.9. The average Bonchev–Trinajstić information content (AvgIpc) is 3.13. The minimum Gasteiger partial charge on any atom is -0.494 e. The molecule has 1 fully saturated rings. The first-order valence-electron chi connectivity index (χ1n) is 14.6. The third-order valence-electron chi connectivity index (χ3n) is 8.34. The average molecular weight is 520 g/mol. The molecule has 0 spiro atoms. The second kappa shape index (κ2) is 12.9. The van der Waals surface area contributed by atoms with Crippen LogP contribution in [0.25, 0.3) is 0 Å². The smallest absolute Gasteiger partial charge is 0.165 e. The monoisotopic (exact) mass is 519 g/mol. The summed E-state index contributed by atoms with van der Waals surface area (Å²) in [7, 11) is 1.52. The van der Waals surface area contributed by atoms with Gasteiger partial charge >= 0.3 is 0 Å². The number of likely N-dealkylation sites (tertiary alicyclic amines) is 1. The van der Waals surface area contributed by atoms with E-state index in [1.165, 1.54) is 55.0 Å². The zero-order chi connectivity index (χ0) is 27.2. The lowest BCUT2D eigenvalue weighted by atomic mass is 9.93. The van der Waals surface area contributed by atoms with E-state index in [9.17, 15) is 4.39 Å². The van der Waals surface area contributed by atoms with Crippen LogP contribution in [0.4, 0.5) is 4.39 Å². The van der Waals surface area contributed by atoms with Gasteiger partial charge in [-0.2, -0.15) is 0 Å². The molecule has 1 saturated heterocycles. The predicted molar refractivity (Wildman–Crippen MR) is 157 cm³/mol. The number of benzene rings is 2. The number of aliphatic imine (C=N–C) groups is 1. The van der Waals surface area contributed by atoms with Crippen LogP contribution in [0.5, 0.6) is 5.75 Å². The van der Waals surface area contributed by atoms with Crippen LogP contribution in [0.2, 0.25) is 0 Å². The van der Waals surface area contributed by atoms with Crippen LogP contribution in [-0.4, -0.2) is 54.5 Å². The van der Waals surface area contributed by atoms with Crippen LogP contribution >= 0.6 is 0 Å². The van der Waals surface area contributed by atoms with Crippen LogP contribution in [0, 0.1) is 12.7 Å². The van der Waals surface area contributed by atoms with Crippen molar-refractivity contribution in [1.29, 1.82) is 0 Å². The van der Waals surface area contributed by atoms with E-state index in [0.717, 1.165) is 43.9 Å². The lowest BCUT2D eigenvalue weighted by molar-refractivity contribution is 0.167. The van der Waals surface area contributed by atoms with E-state index in [-0.39, 0.29) is 23.7 Å². The summed E-state index contributed by atoms with van der Waals surface area (Å²) >= 11 is 0. The molecule has 38 heavy (non-hydrogen) atoms. The number of hydrogen-bond donors (Lipinski definition) is 0. The summed E-state index contributed by atoms with van der Waals surface area (Å²) < 4.78 is 20.2. The molecule has 0 amide bonds. The Kier molecular flexibility index (Phi) is 9.64. The zero-order valence-corrected chi connectivity index (χ0v) is 24.3. The molecule has 2 aliphatic heterocycles. The topological polar surface area (TPSA) is 28.1 Å². The zero-order valence-electron chi connectivity index (χ0n) is 24.3. The Morgan fingerprint density at radius 1 is 1.05 bits per heavy atom. The van der Waals surface area contributed by atoms with E-state index in [1.54, 1.807) is 12.1 Å². The highest BCUT2D eigenvalue weighted by molar-refractivity contribution is 6.03. The number of aryl methyl sites for hydroxylation is 3. The fraction of sp³-hybridized carbons (Fsp3) is 0.545. The maximum Gasteiger partial charge on any atom is 0.165 e. The Morgan fingerprint density at radius 3 is 2.39 bits per heavy atom. The second-order valence-electron chi connectivity index (χ2n) is 10.7. The number of amidine groups is 1. The van der Waals surface area contributed by atoms with E-state index < -0.39 is 0 Å². The summed E-state index contributed by atoms with van der Waals surface area (Å²) in [5.41, 5.74) is 6.20. The van der Waals surface area contributed by atoms with Crippen LogP contribution in [0.1, 0.15) is 87.2 Å². The Labute approximate surface area is 229 Å². The van der Waals surface area contributed by atoms with Crippen LogP contribution < -0.4 is 4.74 Å². The number of methoxy groups -OCH3 is 1. The van der Waals surface area contributed by atoms with Gasteiger partial charge in [0, 0.05) is 24.7 Å². The summed E-state index contributed by atoms with van der Waals surface area (Å²) in [5, 5.41) is 0. The lowest BCUT2D eigenvalue weighted by Crippen LogP contribution is -2.48. The molecule has 2 aromatic rings. The molecule has 2 aliphatic rings. The SMILES string of the molecule is C/C=C/C1CCCCCN1CC1C(c2ccc(OC)c(F)c2)N=C(c2c(CC)cc(C)cc2CC)N1CC. The fourth-order valence-corrected chi connectivity index (χ4v) is 6.46. The first-order chi connectivity index (χ1) is 18.4. The number of rotatable bonds is 9. The minimum atomic E-state index is -0.323. The van der Waals surface area contributed by atoms with E-state index in [1.807, 2.05) is 6.07 Å². The van der Waals surface area contributed by atoms with Crippen molar-refractivity contribution in [2.75, 3.05) is 26.7 Å². The van der Waals surface area contributed by atoms with Crippen molar-refractivity contribution in [1.82, 2.24) is 9.80 Å². The van der Waals surface area contributed by atoms with Crippen LogP contribution in [0.3, 0.4) is 0 Å². The van der Waals surface area contributed by atoms with Crippen LogP contribution in [-0.2, 0) is 12.8 Å². The van der Waals surface area contributed by atoms with E-state index in [0.29, 0.717) is 6.04 Å². The van der Waals surface area contributed by atoms with Crippen molar-refractivity contribution in [3.63, 3.8) is 0 Å². The van der Waals surface area contributed by atoms with E-state index >= 15 is 0 Å². The molecule has 2 aromatic carbocycles. The third-order valence-corrected chi connectivity index (χ3v) is 8.34. The van der Waals surface area contributed by atoms with Gasteiger partial charge in [-0.15, -0.1) is 0 Å². The van der Waals surface area contributed by atoms with Crippen molar-refractivity contribution in [3.8, 4) is 5.75 Å². The number of nitrogens with zero attached hydrogens (tertiary/aromatic N) is 3. The number of allylic oxidation sites excluding steroid dienone is 1. The van der Waals surface area contributed by atoms with Gasteiger partial charge < -0.3 is 9.64 Å². The Bertz CT molecular complexity index is 1130. The molecule has 0 N–H and O–H groups in total. The summed E-state index contributed by atoms with van der Waals surface area (Å²) in [6.07, 6.45) is 11.4. The number of likely N-dealkylation sites (N-methyl/N-ethyl adjacent to an activating group) is 1. The second-order valence-corrected chi connectivity index (χ2v) is 10.7. The Hall–Kier alpha value is -2.66. The van der Waals surface area contributed by atoms with Crippen LogP contribution in [0.15, 0.2) is 47.5 Å². The highest BCUT2D eigenvalue weighted by Gasteiger charge is 2.40. The van der Waals surface area contributed by atoms with E-state index in [4.69, 9.17) is 9.73 Å². The molecule has 5 heteroatoms. The van der Waals surface area contributed by atoms with Crippen molar-refractivity contribution >= 4 is 5.84 Å². The first-order valence-corrected chi connectivity index (χ1v) is 14.6. The van der Waals surface area contributed by atoms with Gasteiger partial charge in [-0.05, 0) is 81.8 Å². The highest BCUT2D eigenvalue weighted by atomic mass is 19.1. The predicted octanol–water partition coefficient (Wildman–Crippen LogP) is 7.28. The Morgan fingerprint density at radius 2 is 1.79 bits per heavy atom. The quantitative estimate of drug-likeness (QED) is 0.326. The van der Waals surface area contributed by atoms with Crippen molar-refractivity contribution < 1.29 is 9.13 Å². The molecule has 4 nitrogen and oxygen atoms in total. The standard InChI is InChI=1S/C33H46FN3O/c1-7-14-27-15-12-11-13-18-36(27)22-29-32(26-16-17-30(38-6)28(34)21-26)35-33(37(29)10-4)31-24(8-2)19-23(5)20-25(31)9-3/h7,14,16-17,19-21,27,29,32H,8-13,15,18,22H2,1-6H3/b14-7+. The lowest BCUT2D eigenvalue weighted by Gasteiger charge is -2.37. The fourth-order valence-electron chi connectivity index (χ4n) is 6.46. The molecule has 3 atom stereocenters. The molecule has 206 valence electrons. The van der Waals surface area contributed by atoms with Gasteiger partial charge in [0.25, 0.3) is 0 Å². The Balaban J connectivity index is 1.83. The summed E-state index contributed by atoms with van der Waals surface area (Å²) in [5.74, 6) is 1.03. The molecule has 0 saturated carbocycles. The normalized spacial score (nSPS) is 22.7. The molecule has 0 aliphatic carbocycles. The third kappa shape index (κ3) is 5.83. The maximum absolute atomic E-state index is 15.0. The minimum absolute atomic E-state index is 0.129. The first kappa shape index (κ1) is 28.4. The van der Waals surface area contributed by atoms with Gasteiger partial charge in [-0.25, -0.2) is 4.39 Å². The largest absolute Gasteiger partial charge is 0.494 e. The summed E-state index contributed by atoms with van der Waals surface area (Å²) in [6, 6.07) is 10.5. The number of ether oxygens (including phenoxy) is 1. The number of hydrogen-bond acceptors (Lipinski definition) is 4.